The summed E-state index contributed by atoms with van der Waals surface area (Å²) in [6, 6.07) is 14.7. The van der Waals surface area contributed by atoms with Gasteiger partial charge in [-0.25, -0.2) is 4.98 Å². The van der Waals surface area contributed by atoms with Gasteiger partial charge in [0, 0.05) is 37.4 Å². The minimum Gasteiger partial charge on any atom is -0.447 e. The van der Waals surface area contributed by atoms with Gasteiger partial charge in [-0.2, -0.15) is 0 Å². The zero-order chi connectivity index (χ0) is 22.2. The number of pyridine rings is 1. The Bertz CT molecular complexity index is 951. The zero-order valence-electron chi connectivity index (χ0n) is 18.8. The number of carbonyl (C=O) groups is 1. The number of nitrogens with one attached hydrogen (secondary N) is 1. The van der Waals surface area contributed by atoms with Crippen LogP contribution in [0.25, 0.3) is 0 Å². The Morgan fingerprint density at radius 3 is 2.55 bits per heavy atom. The normalized spacial score (nSPS) is 12.3. The van der Waals surface area contributed by atoms with Crippen molar-refractivity contribution in [3.05, 3.63) is 83.3 Å². The maximum atomic E-state index is 12.4. The molecule has 0 aliphatic heterocycles. The van der Waals surface area contributed by atoms with Crippen molar-refractivity contribution in [2.24, 2.45) is 5.92 Å². The molecule has 0 saturated heterocycles. The molecule has 1 atom stereocenters. The van der Waals surface area contributed by atoms with Crippen LogP contribution >= 0.6 is 0 Å². The summed E-state index contributed by atoms with van der Waals surface area (Å²) < 4.78 is 5.64. The molecule has 3 rings (SSSR count). The van der Waals surface area contributed by atoms with E-state index in [1.807, 2.05) is 18.2 Å². The van der Waals surface area contributed by atoms with Gasteiger partial charge in [-0.15, -0.1) is 0 Å². The molecule has 6 nitrogen and oxygen atoms in total. The molecule has 0 aliphatic carbocycles. The van der Waals surface area contributed by atoms with Crippen LogP contribution in [-0.2, 0) is 19.5 Å². The highest BCUT2D eigenvalue weighted by atomic mass is 16.3. The number of rotatable bonds is 10. The first-order valence-corrected chi connectivity index (χ1v) is 10.8. The summed E-state index contributed by atoms with van der Waals surface area (Å²) >= 11 is 0. The third kappa shape index (κ3) is 6.76. The largest absolute Gasteiger partial charge is 0.447 e. The fourth-order valence-corrected chi connectivity index (χ4v) is 3.30. The molecule has 2 aromatic heterocycles. The van der Waals surface area contributed by atoms with E-state index in [-0.39, 0.29) is 5.91 Å². The molecule has 1 aromatic carbocycles. The van der Waals surface area contributed by atoms with Gasteiger partial charge >= 0.3 is 0 Å². The Kier molecular flexibility index (Phi) is 7.95. The van der Waals surface area contributed by atoms with Crippen LogP contribution < -0.4 is 5.32 Å². The highest BCUT2D eigenvalue weighted by Gasteiger charge is 2.21. The second-order valence-corrected chi connectivity index (χ2v) is 8.33. The number of carbonyl (C=O) groups excluding carboxylic acids is 1. The van der Waals surface area contributed by atoms with Crippen molar-refractivity contribution in [2.75, 3.05) is 6.54 Å². The molecule has 1 amide bonds. The summed E-state index contributed by atoms with van der Waals surface area (Å²) in [4.78, 5) is 23.5. The van der Waals surface area contributed by atoms with Crippen molar-refractivity contribution >= 4 is 5.91 Å². The lowest BCUT2D eigenvalue weighted by Crippen LogP contribution is -2.36. The van der Waals surface area contributed by atoms with Gasteiger partial charge in [0.25, 0.3) is 5.91 Å². The Morgan fingerprint density at radius 1 is 1.10 bits per heavy atom. The Morgan fingerprint density at radius 2 is 1.87 bits per heavy atom. The van der Waals surface area contributed by atoms with Crippen molar-refractivity contribution in [1.82, 2.24) is 20.2 Å². The minimum absolute atomic E-state index is 0.229. The van der Waals surface area contributed by atoms with E-state index < -0.39 is 0 Å². The Hall–Kier alpha value is -2.99. The summed E-state index contributed by atoms with van der Waals surface area (Å²) in [5, 5.41) is 2.89. The number of aryl methyl sites for hydroxylation is 1. The van der Waals surface area contributed by atoms with Crippen molar-refractivity contribution < 1.29 is 9.21 Å². The van der Waals surface area contributed by atoms with E-state index in [0.29, 0.717) is 43.1 Å². The molecular formula is C25H32N4O2. The lowest BCUT2D eigenvalue weighted by Gasteiger charge is -2.30. The molecule has 0 saturated carbocycles. The van der Waals surface area contributed by atoms with Crippen LogP contribution in [0.1, 0.15) is 54.0 Å². The van der Waals surface area contributed by atoms with Crippen LogP contribution in [-0.4, -0.2) is 33.4 Å². The molecule has 2 heterocycles. The first-order valence-electron chi connectivity index (χ1n) is 10.8. The lowest BCUT2D eigenvalue weighted by molar-refractivity contribution is 0.0948. The fourth-order valence-electron chi connectivity index (χ4n) is 3.30. The van der Waals surface area contributed by atoms with Gasteiger partial charge in [0.2, 0.25) is 5.89 Å². The van der Waals surface area contributed by atoms with Gasteiger partial charge in [-0.3, -0.25) is 14.7 Å². The number of hydrogen-bond acceptors (Lipinski definition) is 5. The first-order chi connectivity index (χ1) is 14.9. The number of hydrogen-bond donors (Lipinski definition) is 1. The average Bonchev–Trinajstić information content (AvgIpc) is 3.23. The number of amides is 1. The van der Waals surface area contributed by atoms with Gasteiger partial charge in [0.05, 0.1) is 6.54 Å². The van der Waals surface area contributed by atoms with E-state index in [0.717, 1.165) is 12.2 Å². The smallest absolute Gasteiger partial charge is 0.273 e. The molecule has 1 N–H and O–H groups in total. The van der Waals surface area contributed by atoms with E-state index >= 15 is 0 Å². The van der Waals surface area contributed by atoms with E-state index in [1.54, 1.807) is 6.20 Å². The molecule has 164 valence electrons. The highest BCUT2D eigenvalue weighted by molar-refractivity contribution is 5.91. The van der Waals surface area contributed by atoms with Gasteiger partial charge in [0.1, 0.15) is 6.26 Å². The third-order valence-corrected chi connectivity index (χ3v) is 5.56. The van der Waals surface area contributed by atoms with Crippen LogP contribution in [0.15, 0.2) is 59.3 Å². The average molecular weight is 421 g/mol. The van der Waals surface area contributed by atoms with E-state index in [1.165, 1.54) is 17.4 Å². The van der Waals surface area contributed by atoms with E-state index in [4.69, 9.17) is 4.42 Å². The second-order valence-electron chi connectivity index (χ2n) is 8.33. The van der Waals surface area contributed by atoms with Gasteiger partial charge in [-0.05, 0) is 37.5 Å². The molecule has 0 aliphatic rings. The highest BCUT2D eigenvalue weighted by Crippen LogP contribution is 2.18. The molecular weight excluding hydrogens is 388 g/mol. The second kappa shape index (κ2) is 10.9. The standard InChI is InChI=1S/C25H32N4O2/c1-18(2)20(4)29(15-21-10-8-19(3)9-11-21)16-24-28-23(17-31-24)25(30)27-14-12-22-7-5-6-13-26-22/h5-11,13,17-18,20H,12,14-16H2,1-4H3,(H,27,30). The summed E-state index contributed by atoms with van der Waals surface area (Å²) in [5.41, 5.74) is 3.75. The van der Waals surface area contributed by atoms with Crippen molar-refractivity contribution in [3.63, 3.8) is 0 Å². The zero-order valence-corrected chi connectivity index (χ0v) is 18.8. The summed E-state index contributed by atoms with van der Waals surface area (Å²) in [6.07, 6.45) is 3.87. The van der Waals surface area contributed by atoms with Crippen LogP contribution in [0.4, 0.5) is 0 Å². The van der Waals surface area contributed by atoms with Crippen molar-refractivity contribution in [3.8, 4) is 0 Å². The third-order valence-electron chi connectivity index (χ3n) is 5.56. The van der Waals surface area contributed by atoms with E-state index in [2.05, 4.69) is 72.1 Å². The first kappa shape index (κ1) is 22.7. The number of oxazole rings is 1. The lowest BCUT2D eigenvalue weighted by atomic mass is 10.0. The van der Waals surface area contributed by atoms with Crippen LogP contribution in [0, 0.1) is 12.8 Å². The van der Waals surface area contributed by atoms with Crippen molar-refractivity contribution in [2.45, 2.75) is 53.2 Å². The van der Waals surface area contributed by atoms with Gasteiger partial charge in [-0.1, -0.05) is 49.7 Å². The summed E-state index contributed by atoms with van der Waals surface area (Å²) in [6.45, 7) is 10.6. The quantitative estimate of drug-likeness (QED) is 0.526. The molecule has 6 heteroatoms. The Balaban J connectivity index is 1.60. The molecule has 31 heavy (non-hydrogen) atoms. The van der Waals surface area contributed by atoms with Crippen LogP contribution in [0.2, 0.25) is 0 Å². The predicted octanol–water partition coefficient (Wildman–Crippen LogP) is 4.40. The molecule has 0 spiro atoms. The maximum Gasteiger partial charge on any atom is 0.273 e. The minimum atomic E-state index is -0.229. The van der Waals surface area contributed by atoms with Gasteiger partial charge < -0.3 is 9.73 Å². The Labute approximate surface area is 184 Å². The van der Waals surface area contributed by atoms with Crippen molar-refractivity contribution in [1.29, 1.82) is 0 Å². The van der Waals surface area contributed by atoms with Crippen LogP contribution in [0.5, 0.6) is 0 Å². The SMILES string of the molecule is Cc1ccc(CN(Cc2nc(C(=O)NCCc3ccccn3)co2)C(C)C(C)C)cc1. The molecule has 0 radical (unpaired) electrons. The molecule has 3 aromatic rings. The maximum absolute atomic E-state index is 12.4. The molecule has 0 bridgehead atoms. The topological polar surface area (TPSA) is 71.3 Å². The fraction of sp³-hybridized carbons (Fsp3) is 0.400. The predicted molar refractivity (Wildman–Crippen MR) is 122 cm³/mol. The van der Waals surface area contributed by atoms with Gasteiger partial charge in [0.15, 0.2) is 5.69 Å². The van der Waals surface area contributed by atoms with E-state index in [9.17, 15) is 4.79 Å². The van der Waals surface area contributed by atoms with Crippen LogP contribution in [0.3, 0.4) is 0 Å². The number of benzene rings is 1. The monoisotopic (exact) mass is 420 g/mol. The summed E-state index contributed by atoms with van der Waals surface area (Å²) in [5.74, 6) is 0.803. The number of aromatic nitrogens is 2. The molecule has 0 fully saturated rings. The summed E-state index contributed by atoms with van der Waals surface area (Å²) in [7, 11) is 0. The number of nitrogens with zero attached hydrogens (tertiary/aromatic N) is 3. The molecule has 1 unspecified atom stereocenters.